The van der Waals surface area contributed by atoms with Crippen molar-refractivity contribution in [2.75, 3.05) is 0 Å². The predicted molar refractivity (Wildman–Crippen MR) is 73.4 cm³/mol. The molecular weight excluding hydrogens is 228 g/mol. The van der Waals surface area contributed by atoms with Crippen LogP contribution in [0.4, 0.5) is 0 Å². The number of aromatic nitrogens is 2. The number of rotatable bonds is 2. The molecule has 0 aliphatic carbocycles. The van der Waals surface area contributed by atoms with E-state index < -0.39 is 0 Å². The number of benzene rings is 2. The van der Waals surface area contributed by atoms with Gasteiger partial charge in [-0.1, -0.05) is 36.4 Å². The van der Waals surface area contributed by atoms with E-state index in [9.17, 15) is 0 Å². The molecule has 0 amide bonds. The van der Waals surface area contributed by atoms with Crippen molar-refractivity contribution >= 4 is 23.4 Å². The van der Waals surface area contributed by atoms with Crippen LogP contribution in [0.2, 0.25) is 0 Å². The van der Waals surface area contributed by atoms with Crippen LogP contribution >= 0.6 is 12.6 Å². The molecule has 0 aliphatic rings. The van der Waals surface area contributed by atoms with Crippen LogP contribution in [0.3, 0.4) is 0 Å². The summed E-state index contributed by atoms with van der Waals surface area (Å²) in [6.45, 7) is 0. The number of hydrogen-bond acceptors (Lipinski definition) is 2. The van der Waals surface area contributed by atoms with Gasteiger partial charge < -0.3 is 4.98 Å². The lowest BCUT2D eigenvalue weighted by Gasteiger charge is -2.09. The second kappa shape index (κ2) is 4.26. The maximum atomic E-state index is 4.62. The van der Waals surface area contributed by atoms with Crippen molar-refractivity contribution in [3.05, 3.63) is 66.2 Å². The molecule has 0 bridgehead atoms. The summed E-state index contributed by atoms with van der Waals surface area (Å²) in [4.78, 5) is 7.20. The van der Waals surface area contributed by atoms with Crippen LogP contribution in [0.1, 0.15) is 16.5 Å². The molecule has 1 heterocycles. The number of hydrogen-bond donors (Lipinski definition) is 2. The minimum Gasteiger partial charge on any atom is -0.351 e. The fourth-order valence-corrected chi connectivity index (χ4v) is 2.27. The van der Waals surface area contributed by atoms with Crippen molar-refractivity contribution in [3.8, 4) is 0 Å². The van der Waals surface area contributed by atoms with Crippen molar-refractivity contribution in [1.29, 1.82) is 0 Å². The molecule has 0 aliphatic heterocycles. The molecule has 1 N–H and O–H groups in total. The smallest absolute Gasteiger partial charge is 0.0923 e. The summed E-state index contributed by atoms with van der Waals surface area (Å²) in [6, 6.07) is 14.7. The van der Waals surface area contributed by atoms with Crippen molar-refractivity contribution in [1.82, 2.24) is 9.97 Å². The van der Waals surface area contributed by atoms with Gasteiger partial charge in [0.05, 0.1) is 17.3 Å². The number of nitrogens with one attached hydrogen (secondary N) is 1. The Labute approximate surface area is 105 Å². The van der Waals surface area contributed by atoms with E-state index in [0.29, 0.717) is 0 Å². The quantitative estimate of drug-likeness (QED) is 0.658. The standard InChI is InChI=1S/C14H12N2S/c17-14(13-8-15-9-16-13)12-6-5-10-3-1-2-4-11(10)7-12/h1-9,14,17H,(H,15,16). The summed E-state index contributed by atoms with van der Waals surface area (Å²) in [5, 5.41) is 2.50. The van der Waals surface area contributed by atoms with Gasteiger partial charge in [0.15, 0.2) is 0 Å². The molecule has 3 rings (SSSR count). The van der Waals surface area contributed by atoms with Crippen molar-refractivity contribution in [2.24, 2.45) is 0 Å². The largest absolute Gasteiger partial charge is 0.351 e. The van der Waals surface area contributed by atoms with Gasteiger partial charge in [0.2, 0.25) is 0 Å². The molecule has 17 heavy (non-hydrogen) atoms. The maximum Gasteiger partial charge on any atom is 0.0923 e. The molecule has 0 radical (unpaired) electrons. The van der Waals surface area contributed by atoms with Gasteiger partial charge in [0.25, 0.3) is 0 Å². The van der Waals surface area contributed by atoms with E-state index in [1.807, 2.05) is 18.3 Å². The highest BCUT2D eigenvalue weighted by Gasteiger charge is 2.11. The number of nitrogens with zero attached hydrogens (tertiary/aromatic N) is 1. The Morgan fingerprint density at radius 3 is 2.65 bits per heavy atom. The molecule has 1 aromatic heterocycles. The van der Waals surface area contributed by atoms with Crippen molar-refractivity contribution in [2.45, 2.75) is 5.25 Å². The van der Waals surface area contributed by atoms with Gasteiger partial charge in [-0.15, -0.1) is 0 Å². The van der Waals surface area contributed by atoms with Crippen LogP contribution in [0.25, 0.3) is 10.8 Å². The lowest BCUT2D eigenvalue weighted by Crippen LogP contribution is -1.93. The van der Waals surface area contributed by atoms with E-state index in [0.717, 1.165) is 5.69 Å². The molecule has 0 saturated carbocycles. The van der Waals surface area contributed by atoms with E-state index in [1.54, 1.807) is 6.33 Å². The predicted octanol–water partition coefficient (Wildman–Crippen LogP) is 3.58. The highest BCUT2D eigenvalue weighted by atomic mass is 32.1. The average Bonchev–Trinajstić information content (AvgIpc) is 2.91. The van der Waals surface area contributed by atoms with Crippen LogP contribution in [0, 0.1) is 0 Å². The first kappa shape index (κ1) is 10.4. The Hall–Kier alpha value is -1.74. The summed E-state index contributed by atoms with van der Waals surface area (Å²) in [6.07, 6.45) is 3.56. The number of H-pyrrole nitrogens is 1. The first-order valence-corrected chi connectivity index (χ1v) is 6.02. The summed E-state index contributed by atoms with van der Waals surface area (Å²) in [5.74, 6) is 0. The molecule has 2 nitrogen and oxygen atoms in total. The highest BCUT2D eigenvalue weighted by Crippen LogP contribution is 2.28. The summed E-state index contributed by atoms with van der Waals surface area (Å²) >= 11 is 4.62. The first-order valence-electron chi connectivity index (χ1n) is 5.50. The maximum absolute atomic E-state index is 4.62. The monoisotopic (exact) mass is 240 g/mol. The summed E-state index contributed by atoms with van der Waals surface area (Å²) in [7, 11) is 0. The van der Waals surface area contributed by atoms with Crippen LogP contribution in [0.15, 0.2) is 55.0 Å². The Bertz CT molecular complexity index is 632. The molecule has 3 aromatic rings. The van der Waals surface area contributed by atoms with Crippen LogP contribution in [0.5, 0.6) is 0 Å². The molecule has 1 unspecified atom stereocenters. The second-order valence-corrected chi connectivity index (χ2v) is 4.52. The van der Waals surface area contributed by atoms with E-state index in [2.05, 4.69) is 52.9 Å². The fraction of sp³-hybridized carbons (Fsp3) is 0.0714. The zero-order valence-electron chi connectivity index (χ0n) is 9.17. The summed E-state index contributed by atoms with van der Waals surface area (Å²) < 4.78 is 0. The van der Waals surface area contributed by atoms with Crippen molar-refractivity contribution < 1.29 is 0 Å². The zero-order chi connectivity index (χ0) is 11.7. The molecule has 0 spiro atoms. The van der Waals surface area contributed by atoms with Gasteiger partial charge in [-0.3, -0.25) is 0 Å². The topological polar surface area (TPSA) is 28.7 Å². The van der Waals surface area contributed by atoms with E-state index in [-0.39, 0.29) is 5.25 Å². The molecule has 3 heteroatoms. The fourth-order valence-electron chi connectivity index (χ4n) is 1.97. The minimum absolute atomic E-state index is 0.0193. The van der Waals surface area contributed by atoms with Gasteiger partial charge in [-0.05, 0) is 22.4 Å². The second-order valence-electron chi connectivity index (χ2n) is 4.00. The first-order chi connectivity index (χ1) is 8.34. The van der Waals surface area contributed by atoms with Gasteiger partial charge >= 0.3 is 0 Å². The van der Waals surface area contributed by atoms with Gasteiger partial charge in [-0.25, -0.2) is 4.98 Å². The third kappa shape index (κ3) is 1.94. The Morgan fingerprint density at radius 1 is 1.06 bits per heavy atom. The molecule has 1 atom stereocenters. The van der Waals surface area contributed by atoms with Crippen LogP contribution in [-0.2, 0) is 0 Å². The van der Waals surface area contributed by atoms with Crippen molar-refractivity contribution in [3.63, 3.8) is 0 Å². The van der Waals surface area contributed by atoms with E-state index in [4.69, 9.17) is 0 Å². The average molecular weight is 240 g/mol. The van der Waals surface area contributed by atoms with Crippen LogP contribution < -0.4 is 0 Å². The number of thiol groups is 1. The van der Waals surface area contributed by atoms with Crippen LogP contribution in [-0.4, -0.2) is 9.97 Å². The Kier molecular flexibility index (Phi) is 2.61. The van der Waals surface area contributed by atoms with E-state index in [1.165, 1.54) is 16.3 Å². The van der Waals surface area contributed by atoms with E-state index >= 15 is 0 Å². The SMILES string of the molecule is SC(c1ccc2ccccc2c1)c1c[nH]cn1. The number of aromatic amines is 1. The third-order valence-corrected chi connectivity index (χ3v) is 3.45. The Balaban J connectivity index is 2.06. The molecular formula is C14H12N2S. The lowest BCUT2D eigenvalue weighted by atomic mass is 10.0. The number of fused-ring (bicyclic) bond motifs is 1. The summed E-state index contributed by atoms with van der Waals surface area (Å²) in [5.41, 5.74) is 2.11. The van der Waals surface area contributed by atoms with Gasteiger partial charge in [-0.2, -0.15) is 12.6 Å². The molecule has 84 valence electrons. The lowest BCUT2D eigenvalue weighted by molar-refractivity contribution is 1.09. The zero-order valence-corrected chi connectivity index (χ0v) is 10.1. The molecule has 0 fully saturated rings. The molecule has 0 saturated heterocycles. The third-order valence-electron chi connectivity index (χ3n) is 2.89. The number of imidazole rings is 1. The highest BCUT2D eigenvalue weighted by molar-refractivity contribution is 7.80. The Morgan fingerprint density at radius 2 is 1.88 bits per heavy atom. The van der Waals surface area contributed by atoms with Gasteiger partial charge in [0.1, 0.15) is 0 Å². The normalized spacial score (nSPS) is 12.8. The van der Waals surface area contributed by atoms with Gasteiger partial charge in [0, 0.05) is 6.20 Å². The minimum atomic E-state index is 0.0193. The molecule has 2 aromatic carbocycles.